The monoisotopic (exact) mass is 440 g/mol. The van der Waals surface area contributed by atoms with Gasteiger partial charge in [-0.05, 0) is 42.7 Å². The second kappa shape index (κ2) is 8.61. The van der Waals surface area contributed by atoms with Gasteiger partial charge in [0.15, 0.2) is 0 Å². The number of carbonyl (C=O) groups is 1. The second-order valence-electron chi connectivity index (χ2n) is 8.66. The molecule has 2 fully saturated rings. The van der Waals surface area contributed by atoms with Crippen molar-refractivity contribution in [3.05, 3.63) is 65.5 Å². The fourth-order valence-corrected chi connectivity index (χ4v) is 5.78. The lowest BCUT2D eigenvalue weighted by atomic mass is 9.62. The van der Waals surface area contributed by atoms with Crippen LogP contribution in [0, 0.1) is 11.8 Å². The van der Waals surface area contributed by atoms with E-state index >= 15 is 0 Å². The molecule has 1 aliphatic heterocycles. The number of para-hydroxylation sites is 2. The van der Waals surface area contributed by atoms with E-state index in [2.05, 4.69) is 22.0 Å². The van der Waals surface area contributed by atoms with Crippen molar-refractivity contribution in [1.82, 2.24) is 14.9 Å². The van der Waals surface area contributed by atoms with Gasteiger partial charge in [0.25, 0.3) is 0 Å². The molecule has 2 aliphatic rings. The van der Waals surface area contributed by atoms with Gasteiger partial charge in [0, 0.05) is 37.6 Å². The van der Waals surface area contributed by atoms with Crippen LogP contribution in [0.3, 0.4) is 0 Å². The Labute approximate surface area is 188 Å². The maximum atomic E-state index is 11.8. The Balaban J connectivity index is 0.00000231. The first-order valence-corrected chi connectivity index (χ1v) is 10.7. The number of methoxy groups -OCH3 is 1. The zero-order valence-electron chi connectivity index (χ0n) is 17.7. The highest BCUT2D eigenvalue weighted by Gasteiger charge is 2.53. The number of H-pyrrole nitrogens is 1. The number of carbonyl (C=O) groups excluding carboxylic acids is 1. The van der Waals surface area contributed by atoms with Crippen LogP contribution in [0.4, 0.5) is 0 Å². The first kappa shape index (κ1) is 21.8. The van der Waals surface area contributed by atoms with Crippen LogP contribution >= 0.6 is 12.4 Å². The molecule has 6 nitrogen and oxygen atoms in total. The molecule has 2 heterocycles. The number of fused-ring (bicyclic) bond motifs is 3. The normalized spacial score (nSPS) is 25.8. The summed E-state index contributed by atoms with van der Waals surface area (Å²) in [6.07, 6.45) is 3.44. The van der Waals surface area contributed by atoms with Gasteiger partial charge in [0.1, 0.15) is 11.4 Å². The summed E-state index contributed by atoms with van der Waals surface area (Å²) in [5.41, 5.74) is 8.91. The Hall–Kier alpha value is -2.41. The lowest BCUT2D eigenvalue weighted by Crippen LogP contribution is -2.58. The fourth-order valence-electron chi connectivity index (χ4n) is 5.78. The summed E-state index contributed by atoms with van der Waals surface area (Å²) in [6, 6.07) is 15.9. The lowest BCUT2D eigenvalue weighted by Gasteiger charge is -2.55. The van der Waals surface area contributed by atoms with Gasteiger partial charge in [-0.25, -0.2) is 4.98 Å². The number of benzene rings is 2. The van der Waals surface area contributed by atoms with Crippen LogP contribution in [0.5, 0.6) is 0 Å². The Kier molecular flexibility index (Phi) is 6.06. The van der Waals surface area contributed by atoms with Crippen LogP contribution in [0.2, 0.25) is 0 Å². The molecule has 1 amide bonds. The Morgan fingerprint density at radius 3 is 2.61 bits per heavy atom. The van der Waals surface area contributed by atoms with Crippen LogP contribution in [0.15, 0.2) is 48.5 Å². The third kappa shape index (κ3) is 3.73. The van der Waals surface area contributed by atoms with Gasteiger partial charge in [-0.3, -0.25) is 9.69 Å². The van der Waals surface area contributed by atoms with Crippen molar-refractivity contribution in [3.8, 4) is 0 Å². The summed E-state index contributed by atoms with van der Waals surface area (Å²) >= 11 is 0. The summed E-state index contributed by atoms with van der Waals surface area (Å²) < 4.78 is 6.31. The number of hydrogen-bond donors (Lipinski definition) is 2. The van der Waals surface area contributed by atoms with Crippen LogP contribution in [0.1, 0.15) is 41.0 Å². The number of imidazole rings is 1. The topological polar surface area (TPSA) is 84.2 Å². The smallest absolute Gasteiger partial charge is 0.248 e. The SMILES string of the molecule is CO[C@@]1(c2cccc(C(N)=O)c2)[C@@H]2CCC[C@H]1CN(Cc1nc3ccccc3[nH]1)C2.Cl. The quantitative estimate of drug-likeness (QED) is 0.631. The van der Waals surface area contributed by atoms with Gasteiger partial charge < -0.3 is 15.5 Å². The Bertz CT molecular complexity index is 1040. The molecule has 1 aliphatic carbocycles. The average Bonchev–Trinajstić information content (AvgIpc) is 3.15. The van der Waals surface area contributed by atoms with Crippen LogP contribution in [-0.2, 0) is 16.9 Å². The molecule has 7 heteroatoms. The van der Waals surface area contributed by atoms with E-state index < -0.39 is 5.91 Å². The van der Waals surface area contributed by atoms with Gasteiger partial charge >= 0.3 is 0 Å². The number of aromatic nitrogens is 2. The van der Waals surface area contributed by atoms with E-state index in [1.54, 1.807) is 6.07 Å². The third-order valence-corrected chi connectivity index (χ3v) is 7.02. The molecule has 3 atom stereocenters. The van der Waals surface area contributed by atoms with Crippen molar-refractivity contribution < 1.29 is 9.53 Å². The van der Waals surface area contributed by atoms with Crippen molar-refractivity contribution in [2.24, 2.45) is 17.6 Å². The van der Waals surface area contributed by atoms with E-state index in [1.807, 2.05) is 37.4 Å². The molecule has 2 aromatic carbocycles. The lowest BCUT2D eigenvalue weighted by molar-refractivity contribution is -0.170. The number of ether oxygens (including phenoxy) is 1. The number of primary amides is 1. The maximum absolute atomic E-state index is 11.8. The van der Waals surface area contributed by atoms with Gasteiger partial charge in [0.05, 0.1) is 17.6 Å². The number of halogens is 1. The minimum absolute atomic E-state index is 0. The number of nitrogens with one attached hydrogen (secondary N) is 1. The van der Waals surface area contributed by atoms with E-state index in [9.17, 15) is 4.79 Å². The van der Waals surface area contributed by atoms with Crippen molar-refractivity contribution in [2.45, 2.75) is 31.4 Å². The Morgan fingerprint density at radius 1 is 1.19 bits per heavy atom. The summed E-state index contributed by atoms with van der Waals surface area (Å²) in [7, 11) is 1.82. The number of piperidine rings is 1. The second-order valence-corrected chi connectivity index (χ2v) is 8.66. The highest BCUT2D eigenvalue weighted by Crippen LogP contribution is 2.51. The zero-order chi connectivity index (χ0) is 20.7. The van der Waals surface area contributed by atoms with Gasteiger partial charge in [0.2, 0.25) is 5.91 Å². The number of amides is 1. The molecular weight excluding hydrogens is 412 g/mol. The predicted octanol–water partition coefficient (Wildman–Crippen LogP) is 3.86. The van der Waals surface area contributed by atoms with E-state index in [1.165, 1.54) is 6.42 Å². The van der Waals surface area contributed by atoms with E-state index in [0.717, 1.165) is 54.9 Å². The average molecular weight is 441 g/mol. The van der Waals surface area contributed by atoms with Crippen LogP contribution in [-0.4, -0.2) is 41.0 Å². The number of aromatic amines is 1. The highest BCUT2D eigenvalue weighted by molar-refractivity contribution is 5.93. The number of nitrogens with two attached hydrogens (primary N) is 1. The first-order valence-electron chi connectivity index (χ1n) is 10.7. The standard InChI is InChI=1S/C24H28N4O2.ClH/c1-30-24(17-7-4-6-16(12-17)23(25)29)18-8-5-9-19(24)14-28(13-18)15-22-26-20-10-2-3-11-21(20)27-22;/h2-4,6-7,10-12,18-19H,5,8-9,13-15H2,1H3,(H2,25,29)(H,26,27);1H/t18-,19+,24+;. The molecule has 31 heavy (non-hydrogen) atoms. The van der Waals surface area contributed by atoms with Crippen molar-refractivity contribution in [3.63, 3.8) is 0 Å². The summed E-state index contributed by atoms with van der Waals surface area (Å²) in [5, 5.41) is 0. The fraction of sp³-hybridized carbons (Fsp3) is 0.417. The molecule has 2 bridgehead atoms. The summed E-state index contributed by atoms with van der Waals surface area (Å²) in [5.74, 6) is 1.34. The third-order valence-electron chi connectivity index (χ3n) is 7.02. The largest absolute Gasteiger partial charge is 0.373 e. The minimum Gasteiger partial charge on any atom is -0.373 e. The number of nitrogens with zero attached hydrogens (tertiary/aromatic N) is 2. The summed E-state index contributed by atoms with van der Waals surface area (Å²) in [4.78, 5) is 22.5. The molecular formula is C24H29ClN4O2. The highest BCUT2D eigenvalue weighted by atomic mass is 35.5. The molecule has 3 aromatic rings. The van der Waals surface area contributed by atoms with Gasteiger partial charge in [-0.2, -0.15) is 0 Å². The Morgan fingerprint density at radius 2 is 1.94 bits per heavy atom. The molecule has 0 unspecified atom stereocenters. The van der Waals surface area contributed by atoms with Gasteiger partial charge in [-0.1, -0.05) is 30.7 Å². The van der Waals surface area contributed by atoms with Gasteiger partial charge in [-0.15, -0.1) is 12.4 Å². The van der Waals surface area contributed by atoms with Crippen molar-refractivity contribution >= 4 is 29.3 Å². The number of hydrogen-bond acceptors (Lipinski definition) is 4. The molecule has 1 saturated heterocycles. The van der Waals surface area contributed by atoms with E-state index in [4.69, 9.17) is 15.5 Å². The van der Waals surface area contributed by atoms with E-state index in [0.29, 0.717) is 17.4 Å². The van der Waals surface area contributed by atoms with Crippen molar-refractivity contribution in [2.75, 3.05) is 20.2 Å². The molecule has 5 rings (SSSR count). The van der Waals surface area contributed by atoms with Crippen LogP contribution in [0.25, 0.3) is 11.0 Å². The molecule has 1 saturated carbocycles. The van der Waals surface area contributed by atoms with E-state index in [-0.39, 0.29) is 18.0 Å². The summed E-state index contributed by atoms with van der Waals surface area (Å²) in [6.45, 7) is 2.70. The van der Waals surface area contributed by atoms with Crippen molar-refractivity contribution in [1.29, 1.82) is 0 Å². The van der Waals surface area contributed by atoms with Crippen LogP contribution < -0.4 is 5.73 Å². The first-order chi connectivity index (χ1) is 14.6. The number of likely N-dealkylation sites (tertiary alicyclic amines) is 1. The molecule has 1 aromatic heterocycles. The predicted molar refractivity (Wildman–Crippen MR) is 123 cm³/mol. The maximum Gasteiger partial charge on any atom is 0.248 e. The molecule has 0 spiro atoms. The zero-order valence-corrected chi connectivity index (χ0v) is 18.5. The minimum atomic E-state index is -0.393. The molecule has 164 valence electrons. The molecule has 0 radical (unpaired) electrons. The number of rotatable bonds is 5. The molecule has 3 N–H and O–H groups in total.